The standard InChI is InChI=1S/C10H15FIN3O2S/c1-18(16,17)15-4-2-3-14-10-5-7(11)8(12)6-9(10)13/h5-6,14-15H,2-4,13H2,1H3. The fourth-order valence-corrected chi connectivity index (χ4v) is 2.29. The van der Waals surface area contributed by atoms with E-state index in [9.17, 15) is 12.8 Å². The van der Waals surface area contributed by atoms with E-state index in [2.05, 4.69) is 10.0 Å². The summed E-state index contributed by atoms with van der Waals surface area (Å²) in [4.78, 5) is 0. The van der Waals surface area contributed by atoms with Gasteiger partial charge in [-0.2, -0.15) is 0 Å². The molecule has 0 aliphatic heterocycles. The second-order valence-corrected chi connectivity index (χ2v) is 6.80. The molecule has 1 rings (SSSR count). The summed E-state index contributed by atoms with van der Waals surface area (Å²) < 4.78 is 37.7. The van der Waals surface area contributed by atoms with E-state index in [4.69, 9.17) is 5.73 Å². The van der Waals surface area contributed by atoms with Crippen molar-refractivity contribution in [1.82, 2.24) is 4.72 Å². The molecule has 4 N–H and O–H groups in total. The van der Waals surface area contributed by atoms with Gasteiger partial charge in [-0.05, 0) is 35.1 Å². The molecule has 0 saturated carbocycles. The van der Waals surface area contributed by atoms with Gasteiger partial charge in [0.15, 0.2) is 0 Å². The minimum atomic E-state index is -3.15. The van der Waals surface area contributed by atoms with Crippen LogP contribution in [0.15, 0.2) is 12.1 Å². The number of anilines is 2. The number of hydrogen-bond donors (Lipinski definition) is 3. The van der Waals surface area contributed by atoms with Gasteiger partial charge in [-0.1, -0.05) is 0 Å². The number of nitrogen functional groups attached to an aromatic ring is 1. The minimum absolute atomic E-state index is 0.332. The summed E-state index contributed by atoms with van der Waals surface area (Å²) in [5.41, 5.74) is 6.72. The zero-order valence-electron chi connectivity index (χ0n) is 9.83. The lowest BCUT2D eigenvalue weighted by Crippen LogP contribution is -2.24. The summed E-state index contributed by atoms with van der Waals surface area (Å²) in [5, 5.41) is 2.96. The van der Waals surface area contributed by atoms with Gasteiger partial charge in [0.25, 0.3) is 0 Å². The van der Waals surface area contributed by atoms with E-state index in [0.717, 1.165) is 6.26 Å². The molecule has 1 aromatic carbocycles. The Kier molecular flexibility index (Phi) is 5.60. The summed E-state index contributed by atoms with van der Waals surface area (Å²) in [6, 6.07) is 2.88. The number of nitrogens with two attached hydrogens (primary N) is 1. The molecule has 0 radical (unpaired) electrons. The molecule has 0 amide bonds. The van der Waals surface area contributed by atoms with E-state index in [1.165, 1.54) is 6.07 Å². The summed E-state index contributed by atoms with van der Waals surface area (Å²) in [6.45, 7) is 0.839. The van der Waals surface area contributed by atoms with Crippen LogP contribution in [0.4, 0.5) is 15.8 Å². The van der Waals surface area contributed by atoms with Crippen molar-refractivity contribution in [2.75, 3.05) is 30.4 Å². The second-order valence-electron chi connectivity index (χ2n) is 3.80. The fourth-order valence-electron chi connectivity index (χ4n) is 1.28. The Balaban J connectivity index is 2.43. The molecular formula is C10H15FIN3O2S. The molecule has 0 bridgehead atoms. The van der Waals surface area contributed by atoms with Crippen LogP contribution in [-0.2, 0) is 10.0 Å². The van der Waals surface area contributed by atoms with Gasteiger partial charge in [-0.15, -0.1) is 0 Å². The summed E-state index contributed by atoms with van der Waals surface area (Å²) in [5.74, 6) is -0.332. The lowest BCUT2D eigenvalue weighted by atomic mass is 10.2. The smallest absolute Gasteiger partial charge is 0.208 e. The first-order valence-electron chi connectivity index (χ1n) is 5.22. The molecule has 0 atom stereocenters. The molecule has 0 saturated heterocycles. The van der Waals surface area contributed by atoms with Crippen LogP contribution in [-0.4, -0.2) is 27.8 Å². The first kappa shape index (κ1) is 15.4. The van der Waals surface area contributed by atoms with Gasteiger partial charge in [-0.3, -0.25) is 0 Å². The third-order valence-electron chi connectivity index (χ3n) is 2.13. The van der Waals surface area contributed by atoms with Gasteiger partial charge in [-0.25, -0.2) is 17.5 Å². The van der Waals surface area contributed by atoms with E-state index in [0.29, 0.717) is 34.5 Å². The Morgan fingerprint density at radius 2 is 2.06 bits per heavy atom. The predicted octanol–water partition coefficient (Wildman–Crippen LogP) is 1.36. The number of halogens is 2. The molecule has 1 aromatic rings. The van der Waals surface area contributed by atoms with Gasteiger partial charge >= 0.3 is 0 Å². The number of hydrogen-bond acceptors (Lipinski definition) is 4. The highest BCUT2D eigenvalue weighted by Crippen LogP contribution is 2.23. The summed E-state index contributed by atoms with van der Waals surface area (Å²) >= 11 is 1.87. The topological polar surface area (TPSA) is 84.2 Å². The maximum atomic E-state index is 13.3. The zero-order chi connectivity index (χ0) is 13.8. The normalized spacial score (nSPS) is 11.5. The van der Waals surface area contributed by atoms with Crippen molar-refractivity contribution in [3.8, 4) is 0 Å². The average Bonchev–Trinajstić information content (AvgIpc) is 2.23. The molecule has 0 fully saturated rings. The maximum Gasteiger partial charge on any atom is 0.208 e. The van der Waals surface area contributed by atoms with Crippen LogP contribution in [0.3, 0.4) is 0 Å². The molecule has 18 heavy (non-hydrogen) atoms. The van der Waals surface area contributed by atoms with Crippen LogP contribution >= 0.6 is 22.6 Å². The van der Waals surface area contributed by atoms with Crippen LogP contribution in [0.1, 0.15) is 6.42 Å². The first-order chi connectivity index (χ1) is 8.29. The van der Waals surface area contributed by atoms with Gasteiger partial charge in [0.1, 0.15) is 5.82 Å². The monoisotopic (exact) mass is 387 g/mol. The van der Waals surface area contributed by atoms with Gasteiger partial charge in [0, 0.05) is 19.2 Å². The van der Waals surface area contributed by atoms with Gasteiger partial charge in [0.05, 0.1) is 21.2 Å². The predicted molar refractivity (Wildman–Crippen MR) is 79.5 cm³/mol. The minimum Gasteiger partial charge on any atom is -0.397 e. The van der Waals surface area contributed by atoms with Crippen molar-refractivity contribution in [1.29, 1.82) is 0 Å². The Bertz CT molecular complexity index is 522. The highest BCUT2D eigenvalue weighted by molar-refractivity contribution is 14.1. The molecule has 8 heteroatoms. The number of benzene rings is 1. The third kappa shape index (κ3) is 5.36. The lowest BCUT2D eigenvalue weighted by molar-refractivity contribution is 0.586. The highest BCUT2D eigenvalue weighted by Gasteiger charge is 2.05. The molecule has 5 nitrogen and oxygen atoms in total. The molecule has 0 aliphatic rings. The Morgan fingerprint density at radius 3 is 2.67 bits per heavy atom. The van der Waals surface area contributed by atoms with E-state index in [-0.39, 0.29) is 5.82 Å². The number of rotatable bonds is 6. The molecule has 0 aliphatic carbocycles. The SMILES string of the molecule is CS(=O)(=O)NCCCNc1cc(F)c(I)cc1N. The summed E-state index contributed by atoms with van der Waals surface area (Å²) in [6.07, 6.45) is 1.69. The molecule has 102 valence electrons. The van der Waals surface area contributed by atoms with Gasteiger partial charge < -0.3 is 11.1 Å². The molecular weight excluding hydrogens is 372 g/mol. The molecule has 0 unspecified atom stereocenters. The van der Waals surface area contributed by atoms with Crippen molar-refractivity contribution in [3.63, 3.8) is 0 Å². The first-order valence-corrected chi connectivity index (χ1v) is 8.19. The van der Waals surface area contributed by atoms with Crippen molar-refractivity contribution < 1.29 is 12.8 Å². The second kappa shape index (κ2) is 6.53. The largest absolute Gasteiger partial charge is 0.397 e. The Labute approximate surface area is 120 Å². The quantitative estimate of drug-likeness (QED) is 0.391. The van der Waals surface area contributed by atoms with Crippen LogP contribution in [0.2, 0.25) is 0 Å². The van der Waals surface area contributed by atoms with E-state index < -0.39 is 10.0 Å². The molecule has 0 spiro atoms. The van der Waals surface area contributed by atoms with Gasteiger partial charge in [0.2, 0.25) is 10.0 Å². The average molecular weight is 387 g/mol. The Hall–Kier alpha value is -0.610. The maximum absolute atomic E-state index is 13.3. The van der Waals surface area contributed by atoms with Crippen molar-refractivity contribution in [2.45, 2.75) is 6.42 Å². The molecule has 0 heterocycles. The van der Waals surface area contributed by atoms with Crippen LogP contribution in [0, 0.1) is 9.39 Å². The lowest BCUT2D eigenvalue weighted by Gasteiger charge is -2.10. The number of nitrogens with one attached hydrogen (secondary N) is 2. The van der Waals surface area contributed by atoms with E-state index >= 15 is 0 Å². The zero-order valence-corrected chi connectivity index (χ0v) is 12.8. The summed E-state index contributed by atoms with van der Waals surface area (Å²) in [7, 11) is -3.15. The third-order valence-corrected chi connectivity index (χ3v) is 3.68. The van der Waals surface area contributed by atoms with Crippen molar-refractivity contribution >= 4 is 44.0 Å². The van der Waals surface area contributed by atoms with E-state index in [1.54, 1.807) is 6.07 Å². The van der Waals surface area contributed by atoms with Crippen LogP contribution in [0.25, 0.3) is 0 Å². The van der Waals surface area contributed by atoms with Crippen molar-refractivity contribution in [3.05, 3.63) is 21.5 Å². The van der Waals surface area contributed by atoms with Crippen molar-refractivity contribution in [2.24, 2.45) is 0 Å². The number of sulfonamides is 1. The fraction of sp³-hybridized carbons (Fsp3) is 0.400. The Morgan fingerprint density at radius 1 is 1.39 bits per heavy atom. The van der Waals surface area contributed by atoms with E-state index in [1.807, 2.05) is 22.6 Å². The molecule has 0 aromatic heterocycles. The highest BCUT2D eigenvalue weighted by atomic mass is 127. The van der Waals surface area contributed by atoms with Crippen LogP contribution < -0.4 is 15.8 Å². The van der Waals surface area contributed by atoms with Crippen LogP contribution in [0.5, 0.6) is 0 Å².